The fourth-order valence-corrected chi connectivity index (χ4v) is 1.10. The maximum Gasteiger partial charge on any atom is 0.695 e. The highest BCUT2D eigenvalue weighted by Crippen LogP contribution is 2.13. The number of rotatable bonds is 5. The van der Waals surface area contributed by atoms with E-state index in [2.05, 4.69) is 4.52 Å². The van der Waals surface area contributed by atoms with Crippen molar-refractivity contribution in [3.8, 4) is 0 Å². The molecular formula is C9H10O5P+. The SMILES string of the molecule is O=C(CO[P+](=O)O)OCc1ccccc1. The van der Waals surface area contributed by atoms with Gasteiger partial charge in [-0.2, -0.15) is 0 Å². The third kappa shape index (κ3) is 5.22. The Morgan fingerprint density at radius 2 is 2.00 bits per heavy atom. The molecule has 0 fully saturated rings. The van der Waals surface area contributed by atoms with Crippen molar-refractivity contribution >= 4 is 14.2 Å². The quantitative estimate of drug-likeness (QED) is 0.610. The predicted octanol–water partition coefficient (Wildman–Crippen LogP) is 1.40. The van der Waals surface area contributed by atoms with Crippen molar-refractivity contribution in [3.05, 3.63) is 35.9 Å². The average Bonchev–Trinajstić information content (AvgIpc) is 2.25. The van der Waals surface area contributed by atoms with Crippen LogP contribution in [0.2, 0.25) is 0 Å². The normalized spacial score (nSPS) is 10.9. The monoisotopic (exact) mass is 229 g/mol. The number of carbonyl (C=O) groups is 1. The van der Waals surface area contributed by atoms with E-state index >= 15 is 0 Å². The zero-order valence-electron chi connectivity index (χ0n) is 7.83. The lowest BCUT2D eigenvalue weighted by Crippen LogP contribution is -2.10. The van der Waals surface area contributed by atoms with Gasteiger partial charge < -0.3 is 4.74 Å². The van der Waals surface area contributed by atoms with Crippen LogP contribution >= 0.6 is 8.25 Å². The van der Waals surface area contributed by atoms with Crippen LogP contribution in [0.3, 0.4) is 0 Å². The van der Waals surface area contributed by atoms with Crippen LogP contribution in [0.25, 0.3) is 0 Å². The van der Waals surface area contributed by atoms with Crippen LogP contribution in [-0.2, 0) is 25.2 Å². The zero-order chi connectivity index (χ0) is 11.1. The highest BCUT2D eigenvalue weighted by Gasteiger charge is 2.16. The Bertz CT molecular complexity index is 338. The summed E-state index contributed by atoms with van der Waals surface area (Å²) in [5.74, 6) is -0.670. The Kier molecular flexibility index (Phi) is 4.90. The molecule has 1 atom stereocenters. The summed E-state index contributed by atoms with van der Waals surface area (Å²) < 4.78 is 19.1. The standard InChI is InChI=1S/C9H9O5P/c10-9(7-14-15(11)12)13-6-8-4-2-1-3-5-8/h1-5H,6-7H2/p+1. The smallest absolute Gasteiger partial charge is 0.459 e. The maximum absolute atomic E-state index is 10.9. The molecule has 15 heavy (non-hydrogen) atoms. The summed E-state index contributed by atoms with van der Waals surface area (Å²) in [6.07, 6.45) is 0. The molecule has 0 spiro atoms. The Labute approximate surface area is 87.6 Å². The Morgan fingerprint density at radius 1 is 1.33 bits per heavy atom. The van der Waals surface area contributed by atoms with Crippen molar-refractivity contribution < 1.29 is 23.5 Å². The van der Waals surface area contributed by atoms with E-state index in [-0.39, 0.29) is 6.61 Å². The second kappa shape index (κ2) is 6.24. The number of ether oxygens (including phenoxy) is 1. The highest BCUT2D eigenvalue weighted by atomic mass is 31.1. The van der Waals surface area contributed by atoms with Crippen molar-refractivity contribution in [1.82, 2.24) is 0 Å². The third-order valence-electron chi connectivity index (χ3n) is 1.54. The molecule has 1 aromatic rings. The first-order valence-electron chi connectivity index (χ1n) is 4.17. The van der Waals surface area contributed by atoms with Crippen LogP contribution in [0.1, 0.15) is 5.56 Å². The van der Waals surface area contributed by atoms with Gasteiger partial charge in [0.15, 0.2) is 0 Å². The van der Waals surface area contributed by atoms with Crippen LogP contribution in [-0.4, -0.2) is 17.5 Å². The average molecular weight is 229 g/mol. The molecule has 0 amide bonds. The van der Waals surface area contributed by atoms with E-state index in [9.17, 15) is 9.36 Å². The number of hydrogen-bond donors (Lipinski definition) is 1. The molecule has 1 rings (SSSR count). The Morgan fingerprint density at radius 3 is 2.60 bits per heavy atom. The second-order valence-corrected chi connectivity index (χ2v) is 3.39. The van der Waals surface area contributed by atoms with Gasteiger partial charge in [0.25, 0.3) is 0 Å². The van der Waals surface area contributed by atoms with Crippen molar-refractivity contribution in [1.29, 1.82) is 0 Å². The molecule has 0 saturated heterocycles. The van der Waals surface area contributed by atoms with Gasteiger partial charge in [-0.3, -0.25) is 0 Å². The fourth-order valence-electron chi connectivity index (χ4n) is 0.888. The van der Waals surface area contributed by atoms with Gasteiger partial charge in [-0.1, -0.05) is 30.3 Å². The van der Waals surface area contributed by atoms with Crippen LogP contribution in [0.5, 0.6) is 0 Å². The van der Waals surface area contributed by atoms with Gasteiger partial charge in [-0.15, -0.1) is 9.42 Å². The van der Waals surface area contributed by atoms with Crippen LogP contribution in [0.4, 0.5) is 0 Å². The first-order chi connectivity index (χ1) is 7.18. The van der Waals surface area contributed by atoms with Gasteiger partial charge in [0.1, 0.15) is 6.61 Å². The van der Waals surface area contributed by atoms with E-state index in [0.29, 0.717) is 0 Å². The summed E-state index contributed by atoms with van der Waals surface area (Å²) >= 11 is 0. The summed E-state index contributed by atoms with van der Waals surface area (Å²) in [6, 6.07) is 9.11. The van der Waals surface area contributed by atoms with E-state index in [1.54, 1.807) is 12.1 Å². The van der Waals surface area contributed by atoms with Gasteiger partial charge in [-0.05, 0) is 5.56 Å². The van der Waals surface area contributed by atoms with Crippen molar-refractivity contribution in [2.75, 3.05) is 6.61 Å². The lowest BCUT2D eigenvalue weighted by Gasteiger charge is -2.01. The van der Waals surface area contributed by atoms with Gasteiger partial charge in [0.05, 0.1) is 0 Å². The minimum atomic E-state index is -2.75. The molecule has 0 radical (unpaired) electrons. The minimum absolute atomic E-state index is 0.130. The molecule has 1 N–H and O–H groups in total. The molecule has 6 heteroatoms. The molecule has 0 aliphatic heterocycles. The van der Waals surface area contributed by atoms with E-state index < -0.39 is 20.8 Å². The van der Waals surface area contributed by atoms with E-state index in [0.717, 1.165) is 5.56 Å². The van der Waals surface area contributed by atoms with E-state index in [1.807, 2.05) is 18.2 Å². The molecule has 1 aromatic carbocycles. The van der Waals surface area contributed by atoms with Crippen LogP contribution < -0.4 is 0 Å². The molecule has 0 heterocycles. The van der Waals surface area contributed by atoms with Crippen LogP contribution in [0, 0.1) is 0 Å². The van der Waals surface area contributed by atoms with Crippen LogP contribution in [0.15, 0.2) is 30.3 Å². The highest BCUT2D eigenvalue weighted by molar-refractivity contribution is 7.32. The van der Waals surface area contributed by atoms with Gasteiger partial charge in [0, 0.05) is 4.57 Å². The second-order valence-electron chi connectivity index (χ2n) is 2.66. The van der Waals surface area contributed by atoms with Crippen molar-refractivity contribution in [2.24, 2.45) is 0 Å². The molecule has 0 aliphatic carbocycles. The van der Waals surface area contributed by atoms with E-state index in [1.165, 1.54) is 0 Å². The Hall–Kier alpha value is -1.29. The lowest BCUT2D eigenvalue weighted by atomic mass is 10.2. The predicted molar refractivity (Wildman–Crippen MR) is 52.0 cm³/mol. The minimum Gasteiger partial charge on any atom is -0.459 e. The molecule has 0 aliphatic rings. The maximum atomic E-state index is 10.9. The summed E-state index contributed by atoms with van der Waals surface area (Å²) in [4.78, 5) is 19.2. The van der Waals surface area contributed by atoms with Crippen molar-refractivity contribution in [3.63, 3.8) is 0 Å². The number of benzene rings is 1. The summed E-state index contributed by atoms with van der Waals surface area (Å²) in [6.45, 7) is -0.385. The topological polar surface area (TPSA) is 72.8 Å². The molecule has 1 unspecified atom stereocenters. The lowest BCUT2D eigenvalue weighted by molar-refractivity contribution is -0.147. The van der Waals surface area contributed by atoms with Gasteiger partial charge >= 0.3 is 14.2 Å². The molecule has 5 nitrogen and oxygen atoms in total. The number of esters is 1. The molecule has 0 saturated carbocycles. The fraction of sp³-hybridized carbons (Fsp3) is 0.222. The molecule has 0 aromatic heterocycles. The van der Waals surface area contributed by atoms with Crippen molar-refractivity contribution in [2.45, 2.75) is 6.61 Å². The number of carbonyl (C=O) groups excluding carboxylic acids is 1. The number of hydrogen-bond acceptors (Lipinski definition) is 4. The Balaban J connectivity index is 2.26. The summed E-state index contributed by atoms with van der Waals surface area (Å²) in [7, 11) is -2.75. The molecule has 80 valence electrons. The molecular weight excluding hydrogens is 219 g/mol. The van der Waals surface area contributed by atoms with E-state index in [4.69, 9.17) is 9.63 Å². The summed E-state index contributed by atoms with van der Waals surface area (Å²) in [5.41, 5.74) is 0.847. The van der Waals surface area contributed by atoms with Gasteiger partial charge in [0.2, 0.25) is 6.61 Å². The first kappa shape index (κ1) is 11.8. The largest absolute Gasteiger partial charge is 0.695 e. The summed E-state index contributed by atoms with van der Waals surface area (Å²) in [5, 5.41) is 0. The first-order valence-corrected chi connectivity index (χ1v) is 5.30. The zero-order valence-corrected chi connectivity index (χ0v) is 8.72. The van der Waals surface area contributed by atoms with Gasteiger partial charge in [-0.25, -0.2) is 4.79 Å². The third-order valence-corrected chi connectivity index (χ3v) is 1.89. The molecule has 0 bridgehead atoms.